The molecule has 6 nitrogen and oxygen atoms in total. The number of hydrogen-bond acceptors (Lipinski definition) is 3. The van der Waals surface area contributed by atoms with Gasteiger partial charge in [0.05, 0.1) is 12.2 Å². The van der Waals surface area contributed by atoms with E-state index in [0.717, 1.165) is 11.3 Å². The Labute approximate surface area is 133 Å². The lowest BCUT2D eigenvalue weighted by atomic mass is 10.2. The molecule has 0 aliphatic heterocycles. The minimum Gasteiger partial charge on any atom is -0.350 e. The second-order valence-electron chi connectivity index (χ2n) is 5.07. The van der Waals surface area contributed by atoms with Gasteiger partial charge >= 0.3 is 0 Å². The molecule has 0 aliphatic carbocycles. The van der Waals surface area contributed by atoms with Crippen LogP contribution in [0.2, 0.25) is 0 Å². The molecule has 0 aliphatic rings. The molecule has 0 saturated carbocycles. The number of hydrogen-bond donors (Lipinski definition) is 2. The molecule has 0 saturated heterocycles. The van der Waals surface area contributed by atoms with E-state index < -0.39 is 0 Å². The van der Waals surface area contributed by atoms with Crippen LogP contribution in [-0.4, -0.2) is 28.1 Å². The fraction of sp³-hybridized carbons (Fsp3) is 0.312. The average molecular weight is 318 g/mol. The Balaban J connectivity index is 1.81. The molecule has 0 spiro atoms. The quantitative estimate of drug-likeness (QED) is 0.845. The zero-order valence-electron chi connectivity index (χ0n) is 13.1. The Bertz CT molecular complexity index is 695. The maximum atomic E-state index is 12.8. The van der Waals surface area contributed by atoms with Gasteiger partial charge in [-0.25, -0.2) is 4.39 Å². The summed E-state index contributed by atoms with van der Waals surface area (Å²) in [6, 6.07) is 7.53. The summed E-state index contributed by atoms with van der Waals surface area (Å²) in [6.45, 7) is 4.42. The van der Waals surface area contributed by atoms with Crippen molar-refractivity contribution in [2.45, 2.75) is 26.9 Å². The van der Waals surface area contributed by atoms with E-state index >= 15 is 0 Å². The molecule has 2 aromatic rings. The first-order valence-corrected chi connectivity index (χ1v) is 7.33. The summed E-state index contributed by atoms with van der Waals surface area (Å²) in [5.74, 6) is -0.985. The van der Waals surface area contributed by atoms with Crippen LogP contribution in [0.25, 0.3) is 0 Å². The van der Waals surface area contributed by atoms with E-state index in [0.29, 0.717) is 12.2 Å². The molecule has 1 aromatic heterocycles. The van der Waals surface area contributed by atoms with Crippen molar-refractivity contribution in [1.82, 2.24) is 20.4 Å². The molecule has 7 heteroatoms. The summed E-state index contributed by atoms with van der Waals surface area (Å²) in [7, 11) is 0. The zero-order valence-corrected chi connectivity index (χ0v) is 13.1. The highest BCUT2D eigenvalue weighted by Gasteiger charge is 2.13. The van der Waals surface area contributed by atoms with Crippen LogP contribution in [-0.2, 0) is 17.9 Å². The van der Waals surface area contributed by atoms with E-state index in [2.05, 4.69) is 15.7 Å². The predicted octanol–water partition coefficient (Wildman–Crippen LogP) is 1.40. The largest absolute Gasteiger partial charge is 0.350 e. The second-order valence-corrected chi connectivity index (χ2v) is 5.07. The standard InChI is InChI=1S/C16H19FN4O2/c1-3-21-14(8-11(2)20-21)16(23)19-10-15(22)18-9-12-4-6-13(17)7-5-12/h4-8H,3,9-10H2,1-2H3,(H,18,22)(H,19,23). The maximum absolute atomic E-state index is 12.8. The minimum absolute atomic E-state index is 0.131. The van der Waals surface area contributed by atoms with Crippen LogP contribution < -0.4 is 10.6 Å². The van der Waals surface area contributed by atoms with Crippen molar-refractivity contribution >= 4 is 11.8 Å². The number of aromatic nitrogens is 2. The molecule has 2 N–H and O–H groups in total. The minimum atomic E-state index is -0.343. The number of nitrogens with zero attached hydrogens (tertiary/aromatic N) is 2. The Hall–Kier alpha value is -2.70. The van der Waals surface area contributed by atoms with Gasteiger partial charge in [-0.2, -0.15) is 5.10 Å². The molecule has 122 valence electrons. The third kappa shape index (κ3) is 4.64. The number of carbonyl (C=O) groups is 2. The Kier molecular flexibility index (Phi) is 5.46. The van der Waals surface area contributed by atoms with Gasteiger partial charge in [0.15, 0.2) is 0 Å². The first-order valence-electron chi connectivity index (χ1n) is 7.33. The van der Waals surface area contributed by atoms with E-state index in [1.54, 1.807) is 29.8 Å². The molecule has 1 heterocycles. The topological polar surface area (TPSA) is 76.0 Å². The van der Waals surface area contributed by atoms with Crippen LogP contribution in [0.3, 0.4) is 0 Å². The lowest BCUT2D eigenvalue weighted by Crippen LogP contribution is -2.37. The Morgan fingerprint density at radius 1 is 1.22 bits per heavy atom. The fourth-order valence-corrected chi connectivity index (χ4v) is 2.09. The van der Waals surface area contributed by atoms with Gasteiger partial charge in [0.1, 0.15) is 11.5 Å². The number of aryl methyl sites for hydroxylation is 2. The van der Waals surface area contributed by atoms with Crippen molar-refractivity contribution in [1.29, 1.82) is 0 Å². The highest BCUT2D eigenvalue weighted by Crippen LogP contribution is 2.04. The molecule has 0 fully saturated rings. The second kappa shape index (κ2) is 7.53. The normalized spacial score (nSPS) is 10.4. The van der Waals surface area contributed by atoms with Crippen LogP contribution in [0, 0.1) is 12.7 Å². The molecule has 23 heavy (non-hydrogen) atoms. The molecule has 2 amide bonds. The van der Waals surface area contributed by atoms with E-state index in [1.807, 2.05) is 6.92 Å². The Morgan fingerprint density at radius 2 is 1.91 bits per heavy atom. The zero-order chi connectivity index (χ0) is 16.8. The van der Waals surface area contributed by atoms with Crippen molar-refractivity contribution in [3.05, 3.63) is 53.1 Å². The van der Waals surface area contributed by atoms with Crippen LogP contribution >= 0.6 is 0 Å². The van der Waals surface area contributed by atoms with Crippen molar-refractivity contribution in [2.24, 2.45) is 0 Å². The summed E-state index contributed by atoms with van der Waals surface area (Å²) >= 11 is 0. The van der Waals surface area contributed by atoms with Crippen molar-refractivity contribution in [3.63, 3.8) is 0 Å². The smallest absolute Gasteiger partial charge is 0.269 e. The molecule has 2 rings (SSSR count). The first kappa shape index (κ1) is 16.7. The van der Waals surface area contributed by atoms with Crippen LogP contribution in [0.4, 0.5) is 4.39 Å². The summed E-state index contributed by atoms with van der Waals surface area (Å²) < 4.78 is 14.4. The fourth-order valence-electron chi connectivity index (χ4n) is 2.09. The third-order valence-corrected chi connectivity index (χ3v) is 3.25. The summed E-state index contributed by atoms with van der Waals surface area (Å²) in [6.07, 6.45) is 0. The van der Waals surface area contributed by atoms with Crippen LogP contribution in [0.5, 0.6) is 0 Å². The van der Waals surface area contributed by atoms with Gasteiger partial charge in [-0.1, -0.05) is 12.1 Å². The van der Waals surface area contributed by atoms with Gasteiger partial charge in [0.2, 0.25) is 5.91 Å². The molecule has 1 aromatic carbocycles. The average Bonchev–Trinajstić information content (AvgIpc) is 2.93. The van der Waals surface area contributed by atoms with Gasteiger partial charge in [-0.15, -0.1) is 0 Å². The number of rotatable bonds is 6. The van der Waals surface area contributed by atoms with Gasteiger partial charge in [0.25, 0.3) is 5.91 Å². The molecule has 0 atom stereocenters. The van der Waals surface area contributed by atoms with Gasteiger partial charge < -0.3 is 10.6 Å². The number of carbonyl (C=O) groups excluding carboxylic acids is 2. The number of nitrogens with one attached hydrogen (secondary N) is 2. The third-order valence-electron chi connectivity index (χ3n) is 3.25. The van der Waals surface area contributed by atoms with Crippen LogP contribution in [0.15, 0.2) is 30.3 Å². The molecule has 0 bridgehead atoms. The SMILES string of the molecule is CCn1nc(C)cc1C(=O)NCC(=O)NCc1ccc(F)cc1. The summed E-state index contributed by atoms with van der Waals surface area (Å²) in [5.41, 5.74) is 1.96. The summed E-state index contributed by atoms with van der Waals surface area (Å²) in [4.78, 5) is 23.8. The van der Waals surface area contributed by atoms with E-state index in [4.69, 9.17) is 0 Å². The molecular formula is C16H19FN4O2. The molecule has 0 radical (unpaired) electrons. The molecular weight excluding hydrogens is 299 g/mol. The van der Waals surface area contributed by atoms with Gasteiger partial charge in [0, 0.05) is 13.1 Å². The monoisotopic (exact) mass is 318 g/mol. The predicted molar refractivity (Wildman–Crippen MR) is 83.2 cm³/mol. The highest BCUT2D eigenvalue weighted by molar-refractivity contribution is 5.95. The van der Waals surface area contributed by atoms with Crippen LogP contribution in [0.1, 0.15) is 28.7 Å². The molecule has 0 unspecified atom stereocenters. The summed E-state index contributed by atoms with van der Waals surface area (Å²) in [5, 5.41) is 9.41. The van der Waals surface area contributed by atoms with Gasteiger partial charge in [-0.3, -0.25) is 14.3 Å². The lowest BCUT2D eigenvalue weighted by Gasteiger charge is -2.08. The van der Waals surface area contributed by atoms with Gasteiger partial charge in [-0.05, 0) is 37.6 Å². The first-order chi connectivity index (χ1) is 11.0. The number of halogens is 1. The number of benzene rings is 1. The van der Waals surface area contributed by atoms with Crippen molar-refractivity contribution in [2.75, 3.05) is 6.54 Å². The van der Waals surface area contributed by atoms with E-state index in [1.165, 1.54) is 12.1 Å². The lowest BCUT2D eigenvalue weighted by molar-refractivity contribution is -0.120. The van der Waals surface area contributed by atoms with Crippen molar-refractivity contribution in [3.8, 4) is 0 Å². The van der Waals surface area contributed by atoms with Crippen molar-refractivity contribution < 1.29 is 14.0 Å². The highest BCUT2D eigenvalue weighted by atomic mass is 19.1. The van der Waals surface area contributed by atoms with E-state index in [9.17, 15) is 14.0 Å². The van der Waals surface area contributed by atoms with E-state index in [-0.39, 0.29) is 30.7 Å². The maximum Gasteiger partial charge on any atom is 0.269 e. The Morgan fingerprint density at radius 3 is 2.57 bits per heavy atom. The number of amides is 2.